The van der Waals surface area contributed by atoms with Gasteiger partial charge in [-0.25, -0.2) is 9.69 Å². The van der Waals surface area contributed by atoms with Gasteiger partial charge in [0.15, 0.2) is 5.69 Å². The second-order valence-corrected chi connectivity index (χ2v) is 12.3. The summed E-state index contributed by atoms with van der Waals surface area (Å²) in [4.78, 5) is 39.5. The van der Waals surface area contributed by atoms with E-state index in [2.05, 4.69) is 32.6 Å². The van der Waals surface area contributed by atoms with E-state index >= 15 is 0 Å². The van der Waals surface area contributed by atoms with Crippen molar-refractivity contribution in [2.45, 2.75) is 45.0 Å². The van der Waals surface area contributed by atoms with Crippen LogP contribution in [0.1, 0.15) is 60.8 Å². The van der Waals surface area contributed by atoms with Crippen molar-refractivity contribution in [3.8, 4) is 6.57 Å². The first kappa shape index (κ1) is 34.4. The topological polar surface area (TPSA) is 98.3 Å². The Balaban J connectivity index is 1.21. The summed E-state index contributed by atoms with van der Waals surface area (Å²) >= 11 is 6.18. The first-order valence-corrected chi connectivity index (χ1v) is 16.3. The van der Waals surface area contributed by atoms with Gasteiger partial charge in [0.2, 0.25) is 5.76 Å². The smallest absolute Gasteiger partial charge is 0.380 e. The van der Waals surface area contributed by atoms with Crippen LogP contribution in [0.5, 0.6) is 0 Å². The molecule has 48 heavy (non-hydrogen) atoms. The van der Waals surface area contributed by atoms with E-state index in [-0.39, 0.29) is 12.0 Å². The zero-order valence-electron chi connectivity index (χ0n) is 27.0. The van der Waals surface area contributed by atoms with Crippen LogP contribution < -0.4 is 15.5 Å². The number of allylic oxidation sites excluding steroid dienone is 3. The van der Waals surface area contributed by atoms with Gasteiger partial charge in [0.25, 0.3) is 17.8 Å². The maximum absolute atomic E-state index is 14.6. The second-order valence-electron chi connectivity index (χ2n) is 11.9. The van der Waals surface area contributed by atoms with Crippen molar-refractivity contribution >= 4 is 35.2 Å². The minimum absolute atomic E-state index is 0.00434. The largest absolute Gasteiger partial charge is 0.418 e. The molecule has 0 radical (unpaired) electrons. The minimum Gasteiger partial charge on any atom is -0.418 e. The summed E-state index contributed by atoms with van der Waals surface area (Å²) < 4.78 is 34.9. The predicted octanol–water partition coefficient (Wildman–Crippen LogP) is 7.50. The number of carbonyl (C=O) groups excluding carboxylic acids is 2. The molecule has 252 valence electrons. The van der Waals surface area contributed by atoms with Crippen molar-refractivity contribution in [2.75, 3.05) is 49.5 Å². The molecule has 2 fully saturated rings. The van der Waals surface area contributed by atoms with E-state index in [1.54, 1.807) is 53.1 Å². The summed E-state index contributed by atoms with van der Waals surface area (Å²) in [5.74, 6) is -3.99. The molecule has 0 atom stereocenters. The fourth-order valence-corrected chi connectivity index (χ4v) is 6.02. The average molecular weight is 679 g/mol. The molecule has 2 saturated heterocycles. The first-order valence-electron chi connectivity index (χ1n) is 15.9. The van der Waals surface area contributed by atoms with Gasteiger partial charge in [-0.1, -0.05) is 54.1 Å². The Hall–Kier alpha value is -4.89. The van der Waals surface area contributed by atoms with Crippen molar-refractivity contribution in [1.82, 2.24) is 20.1 Å². The molecular formula is C35H39ClF2N7O3+. The number of carbonyl (C=O) groups is 2. The van der Waals surface area contributed by atoms with E-state index < -0.39 is 23.3 Å². The monoisotopic (exact) mass is 678 g/mol. The number of nitrogens with zero attached hydrogens (tertiary/aromatic N) is 5. The normalized spacial score (nSPS) is 16.7. The zero-order chi connectivity index (χ0) is 34.3. The third kappa shape index (κ3) is 8.52. The number of hydrogen-bond acceptors (Lipinski definition) is 6. The van der Waals surface area contributed by atoms with Gasteiger partial charge in [-0.05, 0) is 49.5 Å². The Morgan fingerprint density at radius 1 is 1.00 bits per heavy atom. The maximum atomic E-state index is 14.6. The fourth-order valence-electron chi connectivity index (χ4n) is 5.84. The number of urea groups is 1. The highest BCUT2D eigenvalue weighted by Crippen LogP contribution is 2.35. The van der Waals surface area contributed by atoms with Crippen LogP contribution in [0.15, 0.2) is 82.7 Å². The molecule has 2 aromatic carbocycles. The van der Waals surface area contributed by atoms with Gasteiger partial charge >= 0.3 is 11.9 Å². The van der Waals surface area contributed by atoms with Gasteiger partial charge in [0, 0.05) is 44.8 Å². The van der Waals surface area contributed by atoms with Crippen molar-refractivity contribution in [3.05, 3.63) is 105 Å². The molecule has 5 rings (SSSR count). The van der Waals surface area contributed by atoms with Crippen LogP contribution in [0, 0.1) is 6.57 Å². The van der Waals surface area contributed by atoms with Gasteiger partial charge in [-0.2, -0.15) is 18.6 Å². The van der Waals surface area contributed by atoms with Crippen molar-refractivity contribution in [2.24, 2.45) is 0 Å². The molecule has 2 aliphatic heterocycles. The number of anilines is 2. The number of nitrogens with one attached hydrogen (secondary N) is 2. The maximum Gasteiger partial charge on any atom is 0.380 e. The van der Waals surface area contributed by atoms with Crippen LogP contribution in [0.3, 0.4) is 0 Å². The first-order chi connectivity index (χ1) is 23.0. The number of amides is 3. The number of para-hydroxylation sites is 1. The number of rotatable bonds is 8. The molecule has 0 aliphatic carbocycles. The molecule has 2 N–H and O–H groups in total. The zero-order valence-corrected chi connectivity index (χ0v) is 27.7. The Kier molecular flexibility index (Phi) is 11.0. The lowest BCUT2D eigenvalue weighted by atomic mass is 9.90. The van der Waals surface area contributed by atoms with Gasteiger partial charge in [-0.15, -0.1) is 0 Å². The van der Waals surface area contributed by atoms with E-state index in [9.17, 15) is 18.4 Å². The molecule has 10 nitrogen and oxygen atoms in total. The third-order valence-electron chi connectivity index (χ3n) is 8.42. The van der Waals surface area contributed by atoms with Crippen LogP contribution in [0.25, 0.3) is 4.85 Å². The molecule has 2 aliphatic rings. The fraction of sp³-hybridized carbons (Fsp3) is 0.371. The Bertz CT molecular complexity index is 1710. The van der Waals surface area contributed by atoms with E-state index in [1.807, 2.05) is 23.1 Å². The highest BCUT2D eigenvalue weighted by molar-refractivity contribution is 6.33. The molecule has 3 amide bonds. The predicted molar refractivity (Wildman–Crippen MR) is 183 cm³/mol. The van der Waals surface area contributed by atoms with Crippen molar-refractivity contribution < 1.29 is 22.8 Å². The SMILES string of the molecule is C#[N+]C(=CC=C(C)NC(=O)c1oc(N2CCC(c3ccccc3)CC2)nc1C(C)(F)F)N1CCCN(C(=O)Nc2ccccc2Cl)CC1. The number of oxazole rings is 1. The number of halogens is 3. The van der Waals surface area contributed by atoms with Gasteiger partial charge in [0.1, 0.15) is 13.1 Å². The number of piperidine rings is 1. The van der Waals surface area contributed by atoms with Crippen LogP contribution >= 0.6 is 11.6 Å². The molecular weight excluding hydrogens is 640 g/mol. The van der Waals surface area contributed by atoms with Crippen LogP contribution in [0.4, 0.5) is 25.3 Å². The quantitative estimate of drug-likeness (QED) is 0.240. The average Bonchev–Trinajstić information content (AvgIpc) is 3.41. The molecule has 13 heteroatoms. The summed E-state index contributed by atoms with van der Waals surface area (Å²) in [5, 5.41) is 5.91. The molecule has 0 unspecified atom stereocenters. The Morgan fingerprint density at radius 2 is 1.67 bits per heavy atom. The summed E-state index contributed by atoms with van der Waals surface area (Å²) in [7, 11) is 0. The summed E-state index contributed by atoms with van der Waals surface area (Å²) in [6.45, 7) is 11.1. The van der Waals surface area contributed by atoms with Crippen LogP contribution in [0.2, 0.25) is 5.02 Å². The van der Waals surface area contributed by atoms with E-state index in [4.69, 9.17) is 22.6 Å². The van der Waals surface area contributed by atoms with Crippen LogP contribution in [-0.2, 0) is 5.92 Å². The Labute approximate surface area is 283 Å². The summed E-state index contributed by atoms with van der Waals surface area (Å²) in [6, 6.07) is 16.9. The molecule has 3 aromatic rings. The van der Waals surface area contributed by atoms with E-state index in [0.29, 0.717) is 80.8 Å². The standard InChI is InChI=1S/C35H38ClF2N7O3/c1-24(14-15-29(39-3)43-18-9-19-44(23-22-43)33(47)41-28-13-8-7-12-27(28)36)40-32(46)30-31(35(2,37)38)42-34(48-30)45-20-16-26(17-21-45)25-10-5-4-6-11-25/h3-8,10-15,26H,9,16-23H2,1-2H3,(H-,40,41,46,47)/p+1. The van der Waals surface area contributed by atoms with Gasteiger partial charge < -0.3 is 24.9 Å². The summed E-state index contributed by atoms with van der Waals surface area (Å²) in [5.41, 5.74) is 1.41. The molecule has 0 saturated carbocycles. The lowest BCUT2D eigenvalue weighted by Crippen LogP contribution is -2.37. The van der Waals surface area contributed by atoms with E-state index in [1.165, 1.54) is 5.56 Å². The minimum atomic E-state index is -3.40. The van der Waals surface area contributed by atoms with Gasteiger partial charge in [-0.3, -0.25) is 4.79 Å². The summed E-state index contributed by atoms with van der Waals surface area (Å²) in [6.07, 6.45) is 5.46. The second kappa shape index (κ2) is 15.3. The highest BCUT2D eigenvalue weighted by atomic mass is 35.5. The molecule has 3 heterocycles. The lowest BCUT2D eigenvalue weighted by Gasteiger charge is -2.31. The van der Waals surface area contributed by atoms with Crippen LogP contribution in [-0.4, -0.2) is 66.0 Å². The Morgan fingerprint density at radius 3 is 2.35 bits per heavy atom. The number of benzene rings is 2. The number of aromatic nitrogens is 1. The number of hydrogen-bond donors (Lipinski definition) is 2. The van der Waals surface area contributed by atoms with Crippen molar-refractivity contribution in [3.63, 3.8) is 0 Å². The molecule has 1 aromatic heterocycles. The molecule has 0 bridgehead atoms. The highest BCUT2D eigenvalue weighted by Gasteiger charge is 2.38. The third-order valence-corrected chi connectivity index (χ3v) is 8.75. The number of alkyl halides is 2. The van der Waals surface area contributed by atoms with Crippen molar-refractivity contribution in [1.29, 1.82) is 0 Å². The molecule has 0 spiro atoms. The van der Waals surface area contributed by atoms with Gasteiger partial charge in [0.05, 0.1) is 23.8 Å². The van der Waals surface area contributed by atoms with E-state index in [0.717, 1.165) is 12.8 Å². The lowest BCUT2D eigenvalue weighted by molar-refractivity contribution is 0.0113.